The highest BCUT2D eigenvalue weighted by atomic mass is 32.2. The molecule has 0 fully saturated rings. The number of carbonyl (C=O) groups is 2. The maximum absolute atomic E-state index is 12.4. The van der Waals surface area contributed by atoms with Crippen LogP contribution in [0.5, 0.6) is 5.75 Å². The van der Waals surface area contributed by atoms with Gasteiger partial charge in [0.25, 0.3) is 5.91 Å². The molecule has 0 aliphatic rings. The molecule has 2 N–H and O–H groups in total. The van der Waals surface area contributed by atoms with Crippen molar-refractivity contribution in [1.82, 2.24) is 9.97 Å². The quantitative estimate of drug-likeness (QED) is 0.434. The predicted molar refractivity (Wildman–Crippen MR) is 113 cm³/mol. The van der Waals surface area contributed by atoms with E-state index in [1.807, 2.05) is 12.1 Å². The van der Waals surface area contributed by atoms with Crippen molar-refractivity contribution >= 4 is 35.0 Å². The van der Waals surface area contributed by atoms with Gasteiger partial charge in [-0.05, 0) is 42.5 Å². The van der Waals surface area contributed by atoms with E-state index >= 15 is 0 Å². The Morgan fingerprint density at radius 3 is 2.41 bits per heavy atom. The second-order valence-corrected chi connectivity index (χ2v) is 6.97. The molecule has 7 nitrogen and oxygen atoms in total. The number of aromatic nitrogens is 2. The van der Waals surface area contributed by atoms with Crippen LogP contribution in [0.4, 0.5) is 11.4 Å². The van der Waals surface area contributed by atoms with Crippen molar-refractivity contribution in [2.75, 3.05) is 23.5 Å². The number of hydrogen-bond acceptors (Lipinski definition) is 6. The molecular formula is C21H20N4O3S. The zero-order chi connectivity index (χ0) is 20.5. The predicted octanol–water partition coefficient (Wildman–Crippen LogP) is 3.86. The molecule has 1 aromatic heterocycles. The van der Waals surface area contributed by atoms with Gasteiger partial charge in [0.1, 0.15) is 5.75 Å². The van der Waals surface area contributed by atoms with Crippen molar-refractivity contribution in [3.8, 4) is 5.75 Å². The van der Waals surface area contributed by atoms with E-state index in [1.165, 1.54) is 11.8 Å². The van der Waals surface area contributed by atoms with Crippen molar-refractivity contribution in [3.63, 3.8) is 0 Å². The Kier molecular flexibility index (Phi) is 7.18. The first kappa shape index (κ1) is 20.3. The van der Waals surface area contributed by atoms with Gasteiger partial charge in [-0.15, -0.1) is 0 Å². The molecule has 0 saturated heterocycles. The van der Waals surface area contributed by atoms with Crippen molar-refractivity contribution in [2.24, 2.45) is 0 Å². The Labute approximate surface area is 172 Å². The standard InChI is InChI=1S/C21H20N4O3S/c1-28-18-6-3-2-5-17(18)25-20(27)15-7-9-16(10-8-15)24-19(26)11-14-29-21-22-12-4-13-23-21/h2-10,12-13H,11,14H2,1H3,(H,24,26)(H,25,27). The molecule has 1 heterocycles. The number of methoxy groups -OCH3 is 1. The highest BCUT2D eigenvalue weighted by molar-refractivity contribution is 7.99. The molecule has 2 aromatic carbocycles. The van der Waals surface area contributed by atoms with Gasteiger partial charge in [0.15, 0.2) is 5.16 Å². The van der Waals surface area contributed by atoms with E-state index in [2.05, 4.69) is 20.6 Å². The third kappa shape index (κ3) is 6.05. The minimum Gasteiger partial charge on any atom is -0.495 e. The second kappa shape index (κ2) is 10.2. The van der Waals surface area contributed by atoms with Crippen LogP contribution < -0.4 is 15.4 Å². The molecule has 0 radical (unpaired) electrons. The number of amides is 2. The number of nitrogens with one attached hydrogen (secondary N) is 2. The van der Waals surface area contributed by atoms with Crippen LogP contribution in [0.1, 0.15) is 16.8 Å². The summed E-state index contributed by atoms with van der Waals surface area (Å²) in [6.07, 6.45) is 3.67. The van der Waals surface area contributed by atoms with Crippen molar-refractivity contribution < 1.29 is 14.3 Å². The number of thioether (sulfide) groups is 1. The molecule has 0 aliphatic carbocycles. The molecule has 3 aromatic rings. The normalized spacial score (nSPS) is 10.2. The number of hydrogen-bond donors (Lipinski definition) is 2. The Balaban J connectivity index is 1.50. The summed E-state index contributed by atoms with van der Waals surface area (Å²) in [5.74, 6) is 0.796. The third-order valence-corrected chi connectivity index (χ3v) is 4.77. The van der Waals surface area contributed by atoms with Crippen LogP contribution in [-0.4, -0.2) is 34.6 Å². The second-order valence-electron chi connectivity index (χ2n) is 5.91. The van der Waals surface area contributed by atoms with Crippen LogP contribution in [-0.2, 0) is 4.79 Å². The molecule has 3 rings (SSSR count). The molecule has 0 spiro atoms. The molecule has 8 heteroatoms. The highest BCUT2D eigenvalue weighted by Gasteiger charge is 2.10. The Bertz CT molecular complexity index is 965. The molecule has 0 bridgehead atoms. The number of carbonyl (C=O) groups excluding carboxylic acids is 2. The number of benzene rings is 2. The molecule has 29 heavy (non-hydrogen) atoms. The summed E-state index contributed by atoms with van der Waals surface area (Å²) in [7, 11) is 1.55. The van der Waals surface area contributed by atoms with Crippen molar-refractivity contribution in [2.45, 2.75) is 11.6 Å². The van der Waals surface area contributed by atoms with Crippen LogP contribution in [0.15, 0.2) is 72.1 Å². The Morgan fingerprint density at radius 2 is 1.69 bits per heavy atom. The average Bonchev–Trinajstić information content (AvgIpc) is 2.75. The van der Waals surface area contributed by atoms with Crippen molar-refractivity contribution in [3.05, 3.63) is 72.6 Å². The van der Waals surface area contributed by atoms with Gasteiger partial charge in [-0.1, -0.05) is 23.9 Å². The van der Waals surface area contributed by atoms with E-state index in [4.69, 9.17) is 4.74 Å². The van der Waals surface area contributed by atoms with Gasteiger partial charge in [-0.3, -0.25) is 9.59 Å². The first-order chi connectivity index (χ1) is 14.2. The van der Waals surface area contributed by atoms with Gasteiger partial charge in [-0.2, -0.15) is 0 Å². The summed E-state index contributed by atoms with van der Waals surface area (Å²) in [5, 5.41) is 6.28. The maximum atomic E-state index is 12.4. The van der Waals surface area contributed by atoms with E-state index in [0.717, 1.165) is 0 Å². The fourth-order valence-corrected chi connectivity index (χ4v) is 3.21. The number of anilines is 2. The van der Waals surface area contributed by atoms with Gasteiger partial charge in [0, 0.05) is 35.8 Å². The summed E-state index contributed by atoms with van der Waals surface area (Å²) in [4.78, 5) is 32.7. The highest BCUT2D eigenvalue weighted by Crippen LogP contribution is 2.24. The number of nitrogens with zero attached hydrogens (tertiary/aromatic N) is 2. The third-order valence-electron chi connectivity index (χ3n) is 3.89. The monoisotopic (exact) mass is 408 g/mol. The summed E-state index contributed by atoms with van der Waals surface area (Å²) < 4.78 is 5.23. The molecule has 148 valence electrons. The largest absolute Gasteiger partial charge is 0.495 e. The summed E-state index contributed by atoms with van der Waals surface area (Å²) in [6.45, 7) is 0. The minimum absolute atomic E-state index is 0.111. The fraction of sp³-hybridized carbons (Fsp3) is 0.143. The first-order valence-electron chi connectivity index (χ1n) is 8.90. The van der Waals surface area contributed by atoms with Crippen LogP contribution in [0.25, 0.3) is 0 Å². The lowest BCUT2D eigenvalue weighted by Crippen LogP contribution is -2.14. The molecule has 0 saturated carbocycles. The molecule has 0 atom stereocenters. The van der Waals surface area contributed by atoms with Crippen LogP contribution in [0, 0.1) is 0 Å². The zero-order valence-corrected chi connectivity index (χ0v) is 16.6. The SMILES string of the molecule is COc1ccccc1NC(=O)c1ccc(NC(=O)CCSc2ncccn2)cc1. The number of ether oxygens (including phenoxy) is 1. The van der Waals surface area contributed by atoms with Crippen LogP contribution in [0.3, 0.4) is 0 Å². The van der Waals surface area contributed by atoms with E-state index in [-0.39, 0.29) is 11.8 Å². The lowest BCUT2D eigenvalue weighted by Gasteiger charge is -2.10. The molecule has 0 unspecified atom stereocenters. The summed E-state index contributed by atoms with van der Waals surface area (Å²) in [6, 6.07) is 15.7. The van der Waals surface area contributed by atoms with Gasteiger partial charge in [0.05, 0.1) is 12.8 Å². The molecule has 2 amide bonds. The average molecular weight is 408 g/mol. The van der Waals surface area contributed by atoms with Gasteiger partial charge in [-0.25, -0.2) is 9.97 Å². The van der Waals surface area contributed by atoms with Gasteiger partial charge < -0.3 is 15.4 Å². The fourth-order valence-electron chi connectivity index (χ4n) is 2.47. The molecular weight excluding hydrogens is 388 g/mol. The molecule has 0 aliphatic heterocycles. The number of para-hydroxylation sites is 2. The van der Waals surface area contributed by atoms with Gasteiger partial charge in [0.2, 0.25) is 5.91 Å². The van der Waals surface area contributed by atoms with E-state index in [0.29, 0.717) is 40.0 Å². The smallest absolute Gasteiger partial charge is 0.255 e. The topological polar surface area (TPSA) is 93.2 Å². The Morgan fingerprint density at radius 1 is 0.966 bits per heavy atom. The summed E-state index contributed by atoms with van der Waals surface area (Å²) >= 11 is 1.42. The van der Waals surface area contributed by atoms with E-state index in [1.54, 1.807) is 62.0 Å². The lowest BCUT2D eigenvalue weighted by molar-refractivity contribution is -0.115. The van der Waals surface area contributed by atoms with Gasteiger partial charge >= 0.3 is 0 Å². The Hall–Kier alpha value is -3.39. The van der Waals surface area contributed by atoms with Crippen molar-refractivity contribution in [1.29, 1.82) is 0 Å². The lowest BCUT2D eigenvalue weighted by atomic mass is 10.2. The zero-order valence-electron chi connectivity index (χ0n) is 15.8. The first-order valence-corrected chi connectivity index (χ1v) is 9.88. The van der Waals surface area contributed by atoms with E-state index < -0.39 is 0 Å². The minimum atomic E-state index is -0.258. The van der Waals surface area contributed by atoms with Crippen LogP contribution in [0.2, 0.25) is 0 Å². The number of rotatable bonds is 8. The summed E-state index contributed by atoms with van der Waals surface area (Å²) in [5.41, 5.74) is 1.70. The van der Waals surface area contributed by atoms with E-state index in [9.17, 15) is 9.59 Å². The maximum Gasteiger partial charge on any atom is 0.255 e. The van der Waals surface area contributed by atoms with Crippen LogP contribution >= 0.6 is 11.8 Å².